The molecule has 0 unspecified atom stereocenters. The average molecular weight is 390 g/mol. The Morgan fingerprint density at radius 1 is 1.04 bits per heavy atom. The topological polar surface area (TPSA) is 77.6 Å². The van der Waals surface area contributed by atoms with Gasteiger partial charge in [0, 0.05) is 24.3 Å². The third-order valence-corrected chi connectivity index (χ3v) is 4.91. The van der Waals surface area contributed by atoms with E-state index in [1.54, 1.807) is 6.20 Å². The number of amides is 1. The average Bonchev–Trinajstić information content (AvgIpc) is 3.38. The number of nitrogens with zero attached hydrogens (tertiary/aromatic N) is 5. The minimum atomic E-state index is -0.102. The first kappa shape index (κ1) is 18.0. The Balaban J connectivity index is 1.54. The molecule has 140 valence electrons. The minimum Gasteiger partial charge on any atom is -0.325 e. The van der Waals surface area contributed by atoms with E-state index in [4.69, 9.17) is 0 Å². The SMILES string of the molecule is Cc1ccc(NC(=O)CSc2nnc(-c3ccccn3)n2-n2cccc2)cc1. The lowest BCUT2D eigenvalue weighted by atomic mass is 10.2. The van der Waals surface area contributed by atoms with Crippen molar-refractivity contribution in [2.75, 3.05) is 11.1 Å². The van der Waals surface area contributed by atoms with E-state index in [9.17, 15) is 4.79 Å². The second-order valence-electron chi connectivity index (χ2n) is 6.10. The lowest BCUT2D eigenvalue weighted by Gasteiger charge is -2.11. The van der Waals surface area contributed by atoms with Gasteiger partial charge in [-0.15, -0.1) is 10.2 Å². The van der Waals surface area contributed by atoms with Crippen LogP contribution in [0.4, 0.5) is 5.69 Å². The summed E-state index contributed by atoms with van der Waals surface area (Å²) < 4.78 is 3.70. The summed E-state index contributed by atoms with van der Waals surface area (Å²) in [6.45, 7) is 2.01. The first-order valence-electron chi connectivity index (χ1n) is 8.70. The van der Waals surface area contributed by atoms with Crippen LogP contribution in [0.2, 0.25) is 0 Å². The van der Waals surface area contributed by atoms with Crippen LogP contribution in [0, 0.1) is 6.92 Å². The van der Waals surface area contributed by atoms with Gasteiger partial charge in [0.2, 0.25) is 16.9 Å². The van der Waals surface area contributed by atoms with Crippen LogP contribution in [0.3, 0.4) is 0 Å². The van der Waals surface area contributed by atoms with Crippen molar-refractivity contribution in [1.29, 1.82) is 0 Å². The van der Waals surface area contributed by atoms with Crippen LogP contribution in [-0.4, -0.2) is 36.2 Å². The summed E-state index contributed by atoms with van der Waals surface area (Å²) in [5.41, 5.74) is 2.63. The van der Waals surface area contributed by atoms with E-state index in [0.717, 1.165) is 11.3 Å². The van der Waals surface area contributed by atoms with Crippen molar-refractivity contribution in [3.05, 3.63) is 78.8 Å². The molecule has 0 saturated carbocycles. The molecule has 8 heteroatoms. The van der Waals surface area contributed by atoms with Gasteiger partial charge in [0.15, 0.2) is 0 Å². The third-order valence-electron chi connectivity index (χ3n) is 3.99. The number of hydrogen-bond donors (Lipinski definition) is 1. The summed E-state index contributed by atoms with van der Waals surface area (Å²) in [4.78, 5) is 16.7. The molecular formula is C20H18N6OS. The quantitative estimate of drug-likeness (QED) is 0.510. The van der Waals surface area contributed by atoms with E-state index in [-0.39, 0.29) is 11.7 Å². The van der Waals surface area contributed by atoms with Crippen molar-refractivity contribution >= 4 is 23.4 Å². The Hall–Kier alpha value is -3.39. The Morgan fingerprint density at radius 2 is 1.82 bits per heavy atom. The summed E-state index contributed by atoms with van der Waals surface area (Å²) in [6, 6.07) is 17.2. The number of pyridine rings is 1. The number of aromatic nitrogens is 5. The van der Waals surface area contributed by atoms with Crippen molar-refractivity contribution in [2.24, 2.45) is 0 Å². The van der Waals surface area contributed by atoms with Gasteiger partial charge in [-0.05, 0) is 43.3 Å². The highest BCUT2D eigenvalue weighted by molar-refractivity contribution is 7.99. The van der Waals surface area contributed by atoms with E-state index < -0.39 is 0 Å². The van der Waals surface area contributed by atoms with E-state index in [1.807, 2.05) is 83.3 Å². The van der Waals surface area contributed by atoms with Crippen molar-refractivity contribution in [1.82, 2.24) is 24.5 Å². The first-order valence-corrected chi connectivity index (χ1v) is 9.69. The molecule has 0 aliphatic rings. The minimum absolute atomic E-state index is 0.102. The highest BCUT2D eigenvalue weighted by Gasteiger charge is 2.17. The van der Waals surface area contributed by atoms with Gasteiger partial charge in [-0.3, -0.25) is 14.5 Å². The number of rotatable bonds is 6. The highest BCUT2D eigenvalue weighted by atomic mass is 32.2. The third kappa shape index (κ3) is 3.96. The molecule has 0 aliphatic carbocycles. The molecule has 4 aromatic rings. The Morgan fingerprint density at radius 3 is 2.54 bits per heavy atom. The lowest BCUT2D eigenvalue weighted by molar-refractivity contribution is -0.113. The number of carbonyl (C=O) groups excluding carboxylic acids is 1. The molecule has 0 fully saturated rings. The molecule has 0 spiro atoms. The molecule has 1 aromatic carbocycles. The van der Waals surface area contributed by atoms with Gasteiger partial charge in [-0.25, -0.2) is 4.68 Å². The molecule has 0 saturated heterocycles. The van der Waals surface area contributed by atoms with E-state index in [1.165, 1.54) is 11.8 Å². The smallest absolute Gasteiger partial charge is 0.234 e. The van der Waals surface area contributed by atoms with E-state index in [2.05, 4.69) is 20.5 Å². The van der Waals surface area contributed by atoms with Gasteiger partial charge in [0.1, 0.15) is 5.69 Å². The fraction of sp³-hybridized carbons (Fsp3) is 0.100. The number of thioether (sulfide) groups is 1. The van der Waals surface area contributed by atoms with Crippen LogP contribution in [0.25, 0.3) is 11.5 Å². The van der Waals surface area contributed by atoms with Gasteiger partial charge >= 0.3 is 0 Å². The number of benzene rings is 1. The predicted octanol–water partition coefficient (Wildman–Crippen LogP) is 3.49. The zero-order valence-corrected chi connectivity index (χ0v) is 16.0. The summed E-state index contributed by atoms with van der Waals surface area (Å²) in [6.07, 6.45) is 5.50. The molecule has 0 bridgehead atoms. The maximum absolute atomic E-state index is 12.3. The van der Waals surface area contributed by atoms with Crippen molar-refractivity contribution in [2.45, 2.75) is 12.1 Å². The van der Waals surface area contributed by atoms with Crippen molar-refractivity contribution < 1.29 is 4.79 Å². The number of carbonyl (C=O) groups is 1. The monoisotopic (exact) mass is 390 g/mol. The van der Waals surface area contributed by atoms with Gasteiger partial charge < -0.3 is 5.32 Å². The molecule has 3 heterocycles. The zero-order valence-electron chi connectivity index (χ0n) is 15.2. The molecule has 0 atom stereocenters. The van der Waals surface area contributed by atoms with Gasteiger partial charge in [-0.1, -0.05) is 35.5 Å². The standard InChI is InChI=1S/C20H18N6OS/c1-15-7-9-16(10-8-15)22-18(27)14-28-20-24-23-19(17-6-2-3-11-21-17)26(20)25-12-4-5-13-25/h2-13H,14H2,1H3,(H,22,27). The largest absolute Gasteiger partial charge is 0.325 e. The van der Waals surface area contributed by atoms with E-state index >= 15 is 0 Å². The number of anilines is 1. The zero-order chi connectivity index (χ0) is 19.3. The normalized spacial score (nSPS) is 10.8. The van der Waals surface area contributed by atoms with Gasteiger partial charge in [0.05, 0.1) is 5.75 Å². The summed E-state index contributed by atoms with van der Waals surface area (Å²) in [5.74, 6) is 0.726. The van der Waals surface area contributed by atoms with Crippen molar-refractivity contribution in [3.8, 4) is 11.5 Å². The van der Waals surface area contributed by atoms with Crippen LogP contribution in [0.15, 0.2) is 78.3 Å². The molecular weight excluding hydrogens is 372 g/mol. The van der Waals surface area contributed by atoms with Crippen LogP contribution in [-0.2, 0) is 4.79 Å². The van der Waals surface area contributed by atoms with Gasteiger partial charge in [-0.2, -0.15) is 0 Å². The van der Waals surface area contributed by atoms with E-state index in [0.29, 0.717) is 16.7 Å². The summed E-state index contributed by atoms with van der Waals surface area (Å²) >= 11 is 1.32. The maximum atomic E-state index is 12.3. The highest BCUT2D eigenvalue weighted by Crippen LogP contribution is 2.23. The second-order valence-corrected chi connectivity index (χ2v) is 7.04. The molecule has 4 rings (SSSR count). The molecule has 0 aliphatic heterocycles. The molecule has 3 aromatic heterocycles. The first-order chi connectivity index (χ1) is 13.7. The Bertz CT molecular complexity index is 1060. The summed E-state index contributed by atoms with van der Waals surface area (Å²) in [5, 5.41) is 12.1. The second kappa shape index (κ2) is 8.10. The Kier molecular flexibility index (Phi) is 5.20. The fourth-order valence-corrected chi connectivity index (χ4v) is 3.38. The molecule has 7 nitrogen and oxygen atoms in total. The van der Waals surface area contributed by atoms with Crippen LogP contribution >= 0.6 is 11.8 Å². The maximum Gasteiger partial charge on any atom is 0.234 e. The molecule has 1 amide bonds. The molecule has 0 radical (unpaired) electrons. The summed E-state index contributed by atoms with van der Waals surface area (Å²) in [7, 11) is 0. The number of hydrogen-bond acceptors (Lipinski definition) is 5. The Labute approximate surface area is 166 Å². The van der Waals surface area contributed by atoms with Crippen LogP contribution in [0.5, 0.6) is 0 Å². The van der Waals surface area contributed by atoms with Crippen molar-refractivity contribution in [3.63, 3.8) is 0 Å². The van der Waals surface area contributed by atoms with Gasteiger partial charge in [0.25, 0.3) is 0 Å². The number of aryl methyl sites for hydroxylation is 1. The van der Waals surface area contributed by atoms with Crippen LogP contribution < -0.4 is 5.32 Å². The fourth-order valence-electron chi connectivity index (χ4n) is 2.64. The lowest BCUT2D eigenvalue weighted by Crippen LogP contribution is -2.16. The predicted molar refractivity (Wildman–Crippen MR) is 109 cm³/mol. The molecule has 1 N–H and O–H groups in total. The number of nitrogens with one attached hydrogen (secondary N) is 1. The molecule has 28 heavy (non-hydrogen) atoms. The van der Waals surface area contributed by atoms with Crippen LogP contribution in [0.1, 0.15) is 5.56 Å².